The van der Waals surface area contributed by atoms with Crippen LogP contribution in [0, 0.1) is 5.82 Å². The van der Waals surface area contributed by atoms with E-state index in [1.165, 1.54) is 17.4 Å². The lowest BCUT2D eigenvalue weighted by Crippen LogP contribution is -2.36. The summed E-state index contributed by atoms with van der Waals surface area (Å²) in [5.74, 6) is 0.169. The third-order valence-electron chi connectivity index (χ3n) is 4.89. The van der Waals surface area contributed by atoms with E-state index >= 15 is 0 Å². The van der Waals surface area contributed by atoms with Gasteiger partial charge in [0.1, 0.15) is 16.6 Å². The number of morpholine rings is 1. The van der Waals surface area contributed by atoms with Gasteiger partial charge in [-0.05, 0) is 37.3 Å². The normalized spacial score (nSPS) is 13.8. The Labute approximate surface area is 184 Å². The molecule has 2 heterocycles. The number of aromatic nitrogens is 1. The summed E-state index contributed by atoms with van der Waals surface area (Å²) < 4.78 is 25.5. The minimum atomic E-state index is -0.358. The maximum absolute atomic E-state index is 14.5. The lowest BCUT2D eigenvalue weighted by atomic mass is 10.2. The highest BCUT2D eigenvalue weighted by molar-refractivity contribution is 7.13. The summed E-state index contributed by atoms with van der Waals surface area (Å²) in [5, 5.41) is 5.42. The van der Waals surface area contributed by atoms with Gasteiger partial charge in [-0.2, -0.15) is 0 Å². The third-order valence-corrected chi connectivity index (χ3v) is 5.82. The Morgan fingerprint density at radius 1 is 1.26 bits per heavy atom. The van der Waals surface area contributed by atoms with E-state index in [4.69, 9.17) is 9.47 Å². The number of nitrogens with zero attached hydrogens (tertiary/aromatic N) is 2. The zero-order valence-electron chi connectivity index (χ0n) is 17.3. The molecule has 1 N–H and O–H groups in total. The van der Waals surface area contributed by atoms with E-state index in [1.54, 1.807) is 12.1 Å². The minimum Gasteiger partial charge on any atom is -0.493 e. The van der Waals surface area contributed by atoms with Crippen molar-refractivity contribution in [3.05, 3.63) is 59.4 Å². The molecule has 2 aromatic carbocycles. The molecule has 1 aliphatic heterocycles. The van der Waals surface area contributed by atoms with E-state index in [0.717, 1.165) is 16.3 Å². The first-order valence-corrected chi connectivity index (χ1v) is 11.1. The number of nitrogens with one attached hydrogen (secondary N) is 1. The fraction of sp³-hybridized carbons (Fsp3) is 0.304. The second-order valence-corrected chi connectivity index (χ2v) is 7.92. The Morgan fingerprint density at radius 3 is 2.84 bits per heavy atom. The van der Waals surface area contributed by atoms with Crippen molar-refractivity contribution in [1.29, 1.82) is 0 Å². The predicted molar refractivity (Wildman–Crippen MR) is 120 cm³/mol. The molecule has 0 unspecified atom stereocenters. The van der Waals surface area contributed by atoms with Crippen LogP contribution >= 0.6 is 11.3 Å². The van der Waals surface area contributed by atoms with Gasteiger partial charge in [0.15, 0.2) is 0 Å². The number of rotatable bonds is 7. The molecule has 1 fully saturated rings. The molecule has 0 saturated carbocycles. The molecule has 1 aliphatic rings. The van der Waals surface area contributed by atoms with Gasteiger partial charge in [0.25, 0.3) is 0 Å². The van der Waals surface area contributed by atoms with Crippen molar-refractivity contribution in [2.75, 3.05) is 43.1 Å². The number of anilines is 2. The largest absolute Gasteiger partial charge is 0.493 e. The maximum Gasteiger partial charge on any atom is 0.230 e. The van der Waals surface area contributed by atoms with E-state index in [-0.39, 0.29) is 18.1 Å². The average molecular weight is 442 g/mol. The molecule has 0 aliphatic carbocycles. The van der Waals surface area contributed by atoms with Crippen molar-refractivity contribution in [3.63, 3.8) is 0 Å². The lowest BCUT2D eigenvalue weighted by molar-refractivity contribution is -0.115. The van der Waals surface area contributed by atoms with Gasteiger partial charge >= 0.3 is 0 Å². The van der Waals surface area contributed by atoms with Crippen LogP contribution < -0.4 is 15.0 Å². The molecule has 1 amide bonds. The van der Waals surface area contributed by atoms with E-state index < -0.39 is 0 Å². The maximum atomic E-state index is 14.5. The van der Waals surface area contributed by atoms with Crippen molar-refractivity contribution >= 4 is 28.6 Å². The zero-order chi connectivity index (χ0) is 21.6. The zero-order valence-corrected chi connectivity index (χ0v) is 18.1. The number of thiazole rings is 1. The topological polar surface area (TPSA) is 63.7 Å². The number of para-hydroxylation sites is 1. The molecular weight excluding hydrogens is 417 g/mol. The highest BCUT2D eigenvalue weighted by Crippen LogP contribution is 2.32. The van der Waals surface area contributed by atoms with Gasteiger partial charge in [-0.3, -0.25) is 4.79 Å². The standard InChI is InChI=1S/C23H24FN3O3S/c1-2-30-21-6-4-3-5-18(21)23-26-17(15-31-23)14-22(28)25-16-7-8-20(19(24)13-16)27-9-11-29-12-10-27/h3-8,13,15H,2,9-12,14H2,1H3,(H,25,28). The summed E-state index contributed by atoms with van der Waals surface area (Å²) in [6, 6.07) is 12.5. The molecule has 3 aromatic rings. The van der Waals surface area contributed by atoms with Gasteiger partial charge in [0.05, 0.1) is 43.2 Å². The predicted octanol–water partition coefficient (Wildman–Crippen LogP) is 4.37. The number of halogens is 1. The van der Waals surface area contributed by atoms with Crippen molar-refractivity contribution in [2.45, 2.75) is 13.3 Å². The van der Waals surface area contributed by atoms with Gasteiger partial charge in [0, 0.05) is 24.2 Å². The Bertz CT molecular complexity index is 1050. The van der Waals surface area contributed by atoms with Crippen molar-refractivity contribution in [3.8, 4) is 16.3 Å². The van der Waals surface area contributed by atoms with Crippen LogP contribution in [0.2, 0.25) is 0 Å². The number of ether oxygens (including phenoxy) is 2. The number of carbonyl (C=O) groups is 1. The van der Waals surface area contributed by atoms with Crippen molar-refractivity contribution in [1.82, 2.24) is 4.98 Å². The SMILES string of the molecule is CCOc1ccccc1-c1nc(CC(=O)Nc2ccc(N3CCOCC3)c(F)c2)cs1. The fourth-order valence-corrected chi connectivity index (χ4v) is 4.30. The van der Waals surface area contributed by atoms with Gasteiger partial charge in [0.2, 0.25) is 5.91 Å². The molecule has 0 atom stereocenters. The van der Waals surface area contributed by atoms with E-state index in [0.29, 0.717) is 50.0 Å². The average Bonchev–Trinajstić information content (AvgIpc) is 3.23. The monoisotopic (exact) mass is 441 g/mol. The van der Waals surface area contributed by atoms with Crippen LogP contribution in [0.5, 0.6) is 5.75 Å². The molecule has 162 valence electrons. The first-order chi connectivity index (χ1) is 15.1. The molecule has 0 bridgehead atoms. The third kappa shape index (κ3) is 5.21. The highest BCUT2D eigenvalue weighted by Gasteiger charge is 2.16. The first kappa shape index (κ1) is 21.3. The van der Waals surface area contributed by atoms with Gasteiger partial charge < -0.3 is 19.7 Å². The van der Waals surface area contributed by atoms with Gasteiger partial charge in [-0.25, -0.2) is 9.37 Å². The van der Waals surface area contributed by atoms with Crippen LogP contribution in [-0.4, -0.2) is 43.8 Å². The van der Waals surface area contributed by atoms with Gasteiger partial charge in [-0.15, -0.1) is 11.3 Å². The molecule has 4 rings (SSSR count). The van der Waals surface area contributed by atoms with Crippen LogP contribution in [-0.2, 0) is 16.0 Å². The number of amides is 1. The molecule has 31 heavy (non-hydrogen) atoms. The Kier molecular flexibility index (Phi) is 6.79. The first-order valence-electron chi connectivity index (χ1n) is 10.2. The van der Waals surface area contributed by atoms with Crippen LogP contribution in [0.4, 0.5) is 15.8 Å². The molecule has 1 aromatic heterocycles. The Morgan fingerprint density at radius 2 is 2.06 bits per heavy atom. The smallest absolute Gasteiger partial charge is 0.230 e. The number of benzene rings is 2. The summed E-state index contributed by atoms with van der Waals surface area (Å²) in [7, 11) is 0. The molecule has 6 nitrogen and oxygen atoms in total. The second kappa shape index (κ2) is 9.89. The van der Waals surface area contributed by atoms with E-state index in [1.807, 2.05) is 41.5 Å². The van der Waals surface area contributed by atoms with E-state index in [2.05, 4.69) is 10.3 Å². The van der Waals surface area contributed by atoms with Gasteiger partial charge in [-0.1, -0.05) is 12.1 Å². The Hall–Kier alpha value is -2.97. The quantitative estimate of drug-likeness (QED) is 0.590. The highest BCUT2D eigenvalue weighted by atomic mass is 32.1. The number of carbonyl (C=O) groups excluding carboxylic acids is 1. The molecule has 1 saturated heterocycles. The summed E-state index contributed by atoms with van der Waals surface area (Å²) in [5.41, 5.74) is 2.52. The summed E-state index contributed by atoms with van der Waals surface area (Å²) in [6.07, 6.45) is 0.111. The number of hydrogen-bond acceptors (Lipinski definition) is 6. The summed E-state index contributed by atoms with van der Waals surface area (Å²) >= 11 is 1.46. The van der Waals surface area contributed by atoms with Crippen LogP contribution in [0.3, 0.4) is 0 Å². The van der Waals surface area contributed by atoms with Crippen LogP contribution in [0.25, 0.3) is 10.6 Å². The Balaban J connectivity index is 1.40. The van der Waals surface area contributed by atoms with E-state index in [9.17, 15) is 9.18 Å². The second-order valence-electron chi connectivity index (χ2n) is 7.06. The summed E-state index contributed by atoms with van der Waals surface area (Å²) in [6.45, 7) is 4.98. The number of hydrogen-bond donors (Lipinski definition) is 1. The molecule has 0 radical (unpaired) electrons. The van der Waals surface area contributed by atoms with Crippen LogP contribution in [0.1, 0.15) is 12.6 Å². The molecular formula is C23H24FN3O3S. The van der Waals surface area contributed by atoms with Crippen molar-refractivity contribution < 1.29 is 18.7 Å². The molecule has 0 spiro atoms. The van der Waals surface area contributed by atoms with Crippen LogP contribution in [0.15, 0.2) is 47.8 Å². The minimum absolute atomic E-state index is 0.111. The molecule has 8 heteroatoms. The fourth-order valence-electron chi connectivity index (χ4n) is 3.45. The summed E-state index contributed by atoms with van der Waals surface area (Å²) in [4.78, 5) is 19.0. The van der Waals surface area contributed by atoms with Crippen molar-refractivity contribution in [2.24, 2.45) is 0 Å². The lowest BCUT2D eigenvalue weighted by Gasteiger charge is -2.29.